The van der Waals surface area contributed by atoms with Crippen LogP contribution in [0.1, 0.15) is 22.8 Å². The van der Waals surface area contributed by atoms with Crippen LogP contribution in [0, 0.1) is 12.7 Å². The molecule has 0 heterocycles. The summed E-state index contributed by atoms with van der Waals surface area (Å²) < 4.78 is 14.3. The fourth-order valence-electron chi connectivity index (χ4n) is 2.13. The molecule has 3 nitrogen and oxygen atoms in total. The number of aliphatic hydroxyl groups excluding tert-OH is 1. The predicted octanol–water partition coefficient (Wildman–Crippen LogP) is 3.25. The molecule has 0 fully saturated rings. The fraction of sp³-hybridized carbons (Fsp3) is 0.278. The number of carbonyl (C=O) groups is 1. The van der Waals surface area contributed by atoms with Gasteiger partial charge in [0.25, 0.3) is 5.91 Å². The van der Waals surface area contributed by atoms with E-state index in [-0.39, 0.29) is 18.2 Å². The van der Waals surface area contributed by atoms with Gasteiger partial charge in [0, 0.05) is 7.05 Å². The van der Waals surface area contributed by atoms with Crippen molar-refractivity contribution in [2.75, 3.05) is 13.7 Å². The maximum atomic E-state index is 14.3. The first-order valence-electron chi connectivity index (χ1n) is 7.18. The second-order valence-electron chi connectivity index (χ2n) is 5.51. The van der Waals surface area contributed by atoms with Crippen molar-refractivity contribution in [2.45, 2.75) is 19.9 Å². The highest BCUT2D eigenvalue weighted by Gasteiger charge is 2.20. The Balaban J connectivity index is 2.30. The molecular formula is C18H20FNO2. The number of aryl methyl sites for hydroxylation is 1. The van der Waals surface area contributed by atoms with E-state index >= 15 is 0 Å². The van der Waals surface area contributed by atoms with Crippen molar-refractivity contribution < 1.29 is 14.3 Å². The first kappa shape index (κ1) is 16.2. The number of carbonyl (C=O) groups excluding carboxylic acids is 1. The average Bonchev–Trinajstić information content (AvgIpc) is 2.53. The Labute approximate surface area is 130 Å². The number of hydrogen-bond donors (Lipinski definition) is 1. The van der Waals surface area contributed by atoms with E-state index in [9.17, 15) is 9.18 Å². The molecule has 0 bridgehead atoms. The highest BCUT2D eigenvalue weighted by molar-refractivity contribution is 5.95. The zero-order valence-corrected chi connectivity index (χ0v) is 13.0. The summed E-state index contributed by atoms with van der Waals surface area (Å²) in [5, 5.41) is 9.10. The molecule has 0 aromatic heterocycles. The molecule has 2 rings (SSSR count). The Morgan fingerprint density at radius 2 is 1.77 bits per heavy atom. The van der Waals surface area contributed by atoms with E-state index in [1.54, 1.807) is 20.0 Å². The van der Waals surface area contributed by atoms with Gasteiger partial charge in [-0.3, -0.25) is 4.79 Å². The van der Waals surface area contributed by atoms with Gasteiger partial charge >= 0.3 is 0 Å². The van der Waals surface area contributed by atoms with E-state index in [4.69, 9.17) is 5.11 Å². The van der Waals surface area contributed by atoms with Gasteiger partial charge in [-0.2, -0.15) is 0 Å². The summed E-state index contributed by atoms with van der Waals surface area (Å²) in [7, 11) is 1.55. The van der Waals surface area contributed by atoms with Crippen LogP contribution in [0.3, 0.4) is 0 Å². The van der Waals surface area contributed by atoms with Crippen molar-refractivity contribution in [1.82, 2.24) is 4.90 Å². The lowest BCUT2D eigenvalue weighted by Crippen LogP contribution is -2.37. The normalized spacial score (nSPS) is 12.0. The number of amides is 1. The highest BCUT2D eigenvalue weighted by Crippen LogP contribution is 2.23. The van der Waals surface area contributed by atoms with Gasteiger partial charge in [0.05, 0.1) is 18.2 Å². The lowest BCUT2D eigenvalue weighted by Gasteiger charge is -2.23. The summed E-state index contributed by atoms with van der Waals surface area (Å²) in [5.41, 5.74) is 2.78. The summed E-state index contributed by atoms with van der Waals surface area (Å²) >= 11 is 0. The largest absolute Gasteiger partial charge is 0.394 e. The summed E-state index contributed by atoms with van der Waals surface area (Å²) in [6, 6.07) is 12.0. The van der Waals surface area contributed by atoms with Crippen LogP contribution < -0.4 is 0 Å². The van der Waals surface area contributed by atoms with E-state index in [2.05, 4.69) is 0 Å². The van der Waals surface area contributed by atoms with Crippen LogP contribution in [0.15, 0.2) is 42.5 Å². The molecule has 2 aromatic carbocycles. The molecule has 0 aliphatic heterocycles. The second kappa shape index (κ2) is 6.71. The number of likely N-dealkylation sites (N-methyl/N-ethyl adjacent to an activating group) is 1. The summed E-state index contributed by atoms with van der Waals surface area (Å²) in [4.78, 5) is 13.6. The maximum Gasteiger partial charge on any atom is 0.256 e. The van der Waals surface area contributed by atoms with Crippen molar-refractivity contribution in [1.29, 1.82) is 0 Å². The molecule has 2 aromatic rings. The molecule has 1 unspecified atom stereocenters. The highest BCUT2D eigenvalue weighted by atomic mass is 19.1. The van der Waals surface area contributed by atoms with Crippen LogP contribution >= 0.6 is 0 Å². The molecule has 0 aliphatic rings. The third-order valence-electron chi connectivity index (χ3n) is 3.83. The standard InChI is InChI=1S/C18H20FNO2/c1-12-4-6-14(7-5-12)15-8-9-16(17(19)10-15)18(22)20(3)13(2)11-21/h4-10,13,21H,11H2,1-3H3. The topological polar surface area (TPSA) is 40.5 Å². The minimum Gasteiger partial charge on any atom is -0.394 e. The Bertz CT molecular complexity index is 667. The molecule has 1 atom stereocenters. The third-order valence-corrected chi connectivity index (χ3v) is 3.83. The van der Waals surface area contributed by atoms with E-state index < -0.39 is 11.7 Å². The summed E-state index contributed by atoms with van der Waals surface area (Å²) in [6.07, 6.45) is 0. The van der Waals surface area contributed by atoms with Crippen molar-refractivity contribution in [2.24, 2.45) is 0 Å². The van der Waals surface area contributed by atoms with Gasteiger partial charge < -0.3 is 10.0 Å². The lowest BCUT2D eigenvalue weighted by atomic mass is 10.0. The average molecular weight is 301 g/mol. The molecule has 0 aliphatic carbocycles. The van der Waals surface area contributed by atoms with Gasteiger partial charge in [-0.15, -0.1) is 0 Å². The van der Waals surface area contributed by atoms with Gasteiger partial charge in [0.15, 0.2) is 0 Å². The quantitative estimate of drug-likeness (QED) is 0.941. The van der Waals surface area contributed by atoms with E-state index in [0.29, 0.717) is 0 Å². The monoisotopic (exact) mass is 301 g/mol. The molecule has 4 heteroatoms. The first-order chi connectivity index (χ1) is 10.4. The maximum absolute atomic E-state index is 14.3. The van der Waals surface area contributed by atoms with Gasteiger partial charge in [-0.1, -0.05) is 35.9 Å². The first-order valence-corrected chi connectivity index (χ1v) is 7.18. The SMILES string of the molecule is Cc1ccc(-c2ccc(C(=O)N(C)C(C)CO)c(F)c2)cc1. The second-order valence-corrected chi connectivity index (χ2v) is 5.51. The van der Waals surface area contributed by atoms with Crippen LogP contribution in [0.25, 0.3) is 11.1 Å². The minimum absolute atomic E-state index is 0.0126. The smallest absolute Gasteiger partial charge is 0.256 e. The molecule has 0 saturated carbocycles. The van der Waals surface area contributed by atoms with Crippen LogP contribution in [0.4, 0.5) is 4.39 Å². The Kier molecular flexibility index (Phi) is 4.93. The van der Waals surface area contributed by atoms with Crippen molar-refractivity contribution in [3.8, 4) is 11.1 Å². The van der Waals surface area contributed by atoms with Gasteiger partial charge in [0.2, 0.25) is 0 Å². The molecular weight excluding hydrogens is 281 g/mol. The van der Waals surface area contributed by atoms with E-state index in [0.717, 1.165) is 16.7 Å². The van der Waals surface area contributed by atoms with Crippen molar-refractivity contribution in [3.63, 3.8) is 0 Å². The summed E-state index contributed by atoms with van der Waals surface area (Å²) in [5.74, 6) is -0.991. The Morgan fingerprint density at radius 3 is 2.32 bits per heavy atom. The summed E-state index contributed by atoms with van der Waals surface area (Å²) in [6.45, 7) is 3.53. The van der Waals surface area contributed by atoms with Gasteiger partial charge in [-0.25, -0.2) is 4.39 Å². The van der Waals surface area contributed by atoms with Gasteiger partial charge in [0.1, 0.15) is 5.82 Å². The Morgan fingerprint density at radius 1 is 1.18 bits per heavy atom. The van der Waals surface area contributed by atoms with Crippen molar-refractivity contribution >= 4 is 5.91 Å². The molecule has 22 heavy (non-hydrogen) atoms. The molecule has 1 N–H and O–H groups in total. The number of aliphatic hydroxyl groups is 1. The fourth-order valence-corrected chi connectivity index (χ4v) is 2.13. The number of halogens is 1. The third kappa shape index (κ3) is 3.34. The Hall–Kier alpha value is -2.20. The minimum atomic E-state index is -0.555. The number of nitrogens with zero attached hydrogens (tertiary/aromatic N) is 1. The van der Waals surface area contributed by atoms with Crippen LogP contribution in [-0.2, 0) is 0 Å². The number of rotatable bonds is 4. The van der Waals surface area contributed by atoms with E-state index in [1.807, 2.05) is 31.2 Å². The lowest BCUT2D eigenvalue weighted by molar-refractivity contribution is 0.0677. The zero-order chi connectivity index (χ0) is 16.3. The molecule has 0 spiro atoms. The molecule has 116 valence electrons. The van der Waals surface area contributed by atoms with Crippen LogP contribution in [-0.4, -0.2) is 35.6 Å². The molecule has 1 amide bonds. The zero-order valence-electron chi connectivity index (χ0n) is 13.0. The predicted molar refractivity (Wildman–Crippen MR) is 85.2 cm³/mol. The van der Waals surface area contributed by atoms with Crippen LogP contribution in [0.5, 0.6) is 0 Å². The number of hydrogen-bond acceptors (Lipinski definition) is 2. The number of benzene rings is 2. The van der Waals surface area contributed by atoms with Gasteiger partial charge in [-0.05, 0) is 37.1 Å². The molecule has 0 radical (unpaired) electrons. The van der Waals surface area contributed by atoms with Crippen molar-refractivity contribution in [3.05, 3.63) is 59.4 Å². The molecule has 0 saturated heterocycles. The van der Waals surface area contributed by atoms with Crippen LogP contribution in [0.2, 0.25) is 0 Å². The van der Waals surface area contributed by atoms with E-state index in [1.165, 1.54) is 17.0 Å².